The molecule has 1 aliphatic rings. The summed E-state index contributed by atoms with van der Waals surface area (Å²) in [6.45, 7) is 13.9. The second-order valence-electron chi connectivity index (χ2n) is 6.32. The predicted molar refractivity (Wildman–Crippen MR) is 69.8 cm³/mol. The minimum Gasteiger partial charge on any atom is -0.380 e. The van der Waals surface area contributed by atoms with Crippen molar-refractivity contribution in [1.29, 1.82) is 0 Å². The normalized spacial score (nSPS) is 27.0. The van der Waals surface area contributed by atoms with Gasteiger partial charge in [0.05, 0.1) is 6.10 Å². The van der Waals surface area contributed by atoms with Crippen molar-refractivity contribution in [3.63, 3.8) is 0 Å². The van der Waals surface area contributed by atoms with Crippen LogP contribution in [0.4, 0.5) is 0 Å². The van der Waals surface area contributed by atoms with E-state index >= 15 is 0 Å². The van der Waals surface area contributed by atoms with E-state index in [0.717, 1.165) is 6.54 Å². The summed E-state index contributed by atoms with van der Waals surface area (Å²) in [4.78, 5) is 2.59. The summed E-state index contributed by atoms with van der Waals surface area (Å²) in [6, 6.07) is 0. The zero-order chi connectivity index (χ0) is 12.4. The largest absolute Gasteiger partial charge is 0.380 e. The fraction of sp³-hybridized carbons (Fsp3) is 1.00. The Morgan fingerprint density at radius 1 is 1.25 bits per heavy atom. The molecule has 0 N–H and O–H groups in total. The van der Waals surface area contributed by atoms with Crippen LogP contribution < -0.4 is 0 Å². The van der Waals surface area contributed by atoms with E-state index in [1.165, 1.54) is 25.8 Å². The van der Waals surface area contributed by atoms with Gasteiger partial charge in [0.1, 0.15) is 0 Å². The molecule has 0 saturated carbocycles. The molecule has 1 atom stereocenters. The van der Waals surface area contributed by atoms with Gasteiger partial charge in [-0.3, -0.25) is 4.90 Å². The highest BCUT2D eigenvalue weighted by Crippen LogP contribution is 2.39. The van der Waals surface area contributed by atoms with Gasteiger partial charge in [-0.05, 0) is 45.4 Å². The number of piperidine rings is 1. The van der Waals surface area contributed by atoms with Crippen molar-refractivity contribution in [2.24, 2.45) is 5.41 Å². The maximum absolute atomic E-state index is 5.63. The molecule has 1 heterocycles. The van der Waals surface area contributed by atoms with E-state index in [1.54, 1.807) is 0 Å². The molecule has 0 bridgehead atoms. The van der Waals surface area contributed by atoms with E-state index in [4.69, 9.17) is 4.74 Å². The summed E-state index contributed by atoms with van der Waals surface area (Å²) in [6.07, 6.45) is 4.16. The Bertz CT molecular complexity index is 215. The molecule has 0 aromatic rings. The van der Waals surface area contributed by atoms with E-state index in [2.05, 4.69) is 39.5 Å². The lowest BCUT2D eigenvalue weighted by Gasteiger charge is -2.50. The third kappa shape index (κ3) is 2.98. The molecule has 2 nitrogen and oxygen atoms in total. The molecule has 0 aliphatic carbocycles. The van der Waals surface area contributed by atoms with Gasteiger partial charge in [-0.25, -0.2) is 0 Å². The van der Waals surface area contributed by atoms with Crippen molar-refractivity contribution in [2.75, 3.05) is 20.2 Å². The first kappa shape index (κ1) is 14.0. The van der Waals surface area contributed by atoms with Crippen LogP contribution in [0.2, 0.25) is 0 Å². The summed E-state index contributed by atoms with van der Waals surface area (Å²) < 4.78 is 5.63. The molecule has 0 aromatic carbocycles. The lowest BCUT2D eigenvalue weighted by Crippen LogP contribution is -2.56. The minimum atomic E-state index is 0.257. The Kier molecular flexibility index (Phi) is 4.42. The van der Waals surface area contributed by atoms with E-state index < -0.39 is 0 Å². The Labute approximate surface area is 101 Å². The highest BCUT2D eigenvalue weighted by atomic mass is 16.5. The maximum atomic E-state index is 5.63. The molecule has 0 spiro atoms. The van der Waals surface area contributed by atoms with Gasteiger partial charge in [0, 0.05) is 25.7 Å². The Morgan fingerprint density at radius 2 is 1.81 bits per heavy atom. The zero-order valence-electron chi connectivity index (χ0n) is 12.0. The Balaban J connectivity index is 2.83. The van der Waals surface area contributed by atoms with E-state index in [-0.39, 0.29) is 5.54 Å². The van der Waals surface area contributed by atoms with Gasteiger partial charge in [0.15, 0.2) is 0 Å². The van der Waals surface area contributed by atoms with Crippen molar-refractivity contribution in [3.8, 4) is 0 Å². The smallest absolute Gasteiger partial charge is 0.0704 e. The van der Waals surface area contributed by atoms with Gasteiger partial charge >= 0.3 is 0 Å². The van der Waals surface area contributed by atoms with Gasteiger partial charge in [-0.1, -0.05) is 13.8 Å². The number of likely N-dealkylation sites (tertiary alicyclic amines) is 1. The van der Waals surface area contributed by atoms with Crippen molar-refractivity contribution in [2.45, 2.75) is 65.5 Å². The number of hydrogen-bond acceptors (Lipinski definition) is 2. The molecule has 16 heavy (non-hydrogen) atoms. The average Bonchev–Trinajstić information content (AvgIpc) is 2.27. The van der Waals surface area contributed by atoms with Crippen molar-refractivity contribution >= 4 is 0 Å². The second kappa shape index (κ2) is 5.05. The lowest BCUT2D eigenvalue weighted by atomic mass is 9.73. The Morgan fingerprint density at radius 3 is 2.19 bits per heavy atom. The number of nitrogens with zero attached hydrogens (tertiary/aromatic N) is 1. The summed E-state index contributed by atoms with van der Waals surface area (Å²) >= 11 is 0. The summed E-state index contributed by atoms with van der Waals surface area (Å²) in [7, 11) is 1.85. The number of ether oxygens (including phenoxy) is 1. The molecule has 0 aromatic heterocycles. The molecular formula is C14H29NO. The van der Waals surface area contributed by atoms with Crippen LogP contribution in [0.3, 0.4) is 0 Å². The molecule has 2 heteroatoms. The van der Waals surface area contributed by atoms with Crippen LogP contribution in [0.1, 0.15) is 53.9 Å². The van der Waals surface area contributed by atoms with Crippen molar-refractivity contribution < 1.29 is 4.74 Å². The molecule has 1 fully saturated rings. The fourth-order valence-electron chi connectivity index (χ4n) is 2.76. The molecule has 96 valence electrons. The topological polar surface area (TPSA) is 12.5 Å². The molecule has 1 rings (SSSR count). The van der Waals surface area contributed by atoms with Crippen LogP contribution in [-0.4, -0.2) is 36.7 Å². The number of rotatable bonds is 3. The maximum Gasteiger partial charge on any atom is 0.0704 e. The predicted octanol–water partition coefficient (Wildman–Crippen LogP) is 3.31. The van der Waals surface area contributed by atoms with Crippen molar-refractivity contribution in [1.82, 2.24) is 4.90 Å². The van der Waals surface area contributed by atoms with Crippen LogP contribution in [-0.2, 0) is 4.74 Å². The van der Waals surface area contributed by atoms with E-state index in [0.29, 0.717) is 11.5 Å². The monoisotopic (exact) mass is 227 g/mol. The van der Waals surface area contributed by atoms with Crippen LogP contribution in [0.25, 0.3) is 0 Å². The fourth-order valence-corrected chi connectivity index (χ4v) is 2.76. The lowest BCUT2D eigenvalue weighted by molar-refractivity contribution is -0.0659. The minimum absolute atomic E-state index is 0.257. The highest BCUT2D eigenvalue weighted by molar-refractivity contribution is 4.93. The van der Waals surface area contributed by atoms with Crippen LogP contribution in [0.5, 0.6) is 0 Å². The first-order valence-corrected chi connectivity index (χ1v) is 6.64. The SMILES string of the molecule is CCC1(CC)CC(OC)CN(C(C)(C)C)C1. The third-order valence-corrected chi connectivity index (χ3v) is 4.39. The van der Waals surface area contributed by atoms with E-state index in [9.17, 15) is 0 Å². The standard InChI is InChI=1S/C14H29NO/c1-7-14(8-2)9-12(16-6)10-15(11-14)13(3,4)5/h12H,7-11H2,1-6H3. The Hall–Kier alpha value is -0.0800. The van der Waals surface area contributed by atoms with Gasteiger partial charge in [-0.2, -0.15) is 0 Å². The quantitative estimate of drug-likeness (QED) is 0.733. The molecule has 1 saturated heterocycles. The van der Waals surface area contributed by atoms with Gasteiger partial charge in [0.25, 0.3) is 0 Å². The van der Waals surface area contributed by atoms with Gasteiger partial charge in [-0.15, -0.1) is 0 Å². The second-order valence-corrected chi connectivity index (χ2v) is 6.32. The molecule has 1 unspecified atom stereocenters. The third-order valence-electron chi connectivity index (χ3n) is 4.39. The summed E-state index contributed by atoms with van der Waals surface area (Å²) in [5.74, 6) is 0. The van der Waals surface area contributed by atoms with Crippen molar-refractivity contribution in [3.05, 3.63) is 0 Å². The first-order valence-electron chi connectivity index (χ1n) is 6.64. The van der Waals surface area contributed by atoms with Gasteiger partial charge < -0.3 is 4.74 Å². The number of methoxy groups -OCH3 is 1. The first-order chi connectivity index (χ1) is 7.37. The molecule has 1 aliphatic heterocycles. The highest BCUT2D eigenvalue weighted by Gasteiger charge is 2.40. The van der Waals surface area contributed by atoms with Crippen LogP contribution in [0, 0.1) is 5.41 Å². The molecule has 0 amide bonds. The van der Waals surface area contributed by atoms with Crippen LogP contribution in [0.15, 0.2) is 0 Å². The number of hydrogen-bond donors (Lipinski definition) is 0. The molecule has 0 radical (unpaired) electrons. The molecular weight excluding hydrogens is 198 g/mol. The summed E-state index contributed by atoms with van der Waals surface area (Å²) in [5, 5.41) is 0. The van der Waals surface area contributed by atoms with E-state index in [1.807, 2.05) is 7.11 Å². The average molecular weight is 227 g/mol. The zero-order valence-corrected chi connectivity index (χ0v) is 12.0. The van der Waals surface area contributed by atoms with Crippen LogP contribution >= 0.6 is 0 Å². The van der Waals surface area contributed by atoms with Gasteiger partial charge in [0.2, 0.25) is 0 Å². The summed E-state index contributed by atoms with van der Waals surface area (Å²) in [5.41, 5.74) is 0.721.